The maximum atomic E-state index is 13.8. The highest BCUT2D eigenvalue weighted by Gasteiger charge is 2.23. The quantitative estimate of drug-likeness (QED) is 0.248. The maximum absolute atomic E-state index is 13.8. The molecule has 0 fully saturated rings. The van der Waals surface area contributed by atoms with Gasteiger partial charge in [0.15, 0.2) is 5.58 Å². The van der Waals surface area contributed by atoms with Gasteiger partial charge < -0.3 is 20.2 Å². The first-order chi connectivity index (χ1) is 17.8. The molecule has 1 amide bonds. The number of rotatable bonds is 11. The maximum Gasteiger partial charge on any atom is 0.417 e. The first-order valence-corrected chi connectivity index (χ1v) is 12.1. The van der Waals surface area contributed by atoms with Gasteiger partial charge in [-0.15, -0.1) is 0 Å². The highest BCUT2D eigenvalue weighted by Crippen LogP contribution is 2.15. The van der Waals surface area contributed by atoms with Gasteiger partial charge in [0.05, 0.1) is 24.1 Å². The molecular weight excluding hydrogens is 480 g/mol. The van der Waals surface area contributed by atoms with Gasteiger partial charge in [-0.2, -0.15) is 0 Å². The molecule has 2 atom stereocenters. The number of hydrogen-bond donors (Lipinski definition) is 4. The molecule has 194 valence electrons. The molecule has 0 aliphatic carbocycles. The van der Waals surface area contributed by atoms with Crippen molar-refractivity contribution in [2.75, 3.05) is 6.54 Å². The Morgan fingerprint density at radius 3 is 2.51 bits per heavy atom. The number of aliphatic hydroxyl groups is 1. The predicted octanol–water partition coefficient (Wildman–Crippen LogP) is 3.38. The van der Waals surface area contributed by atoms with Gasteiger partial charge in [-0.25, -0.2) is 13.6 Å². The number of aliphatic hydroxyl groups excluding tert-OH is 1. The molecule has 7 nitrogen and oxygen atoms in total. The van der Waals surface area contributed by atoms with E-state index in [0.29, 0.717) is 28.8 Å². The first kappa shape index (κ1) is 26.2. The molecule has 0 aliphatic heterocycles. The summed E-state index contributed by atoms with van der Waals surface area (Å²) in [5, 5.41) is 16.9. The fraction of sp³-hybridized carbons (Fsp3) is 0.286. The minimum atomic E-state index is -1.03. The van der Waals surface area contributed by atoms with Crippen molar-refractivity contribution in [3.63, 3.8) is 0 Å². The van der Waals surface area contributed by atoms with E-state index in [1.165, 1.54) is 17.7 Å². The Morgan fingerprint density at radius 2 is 1.76 bits per heavy atom. The Bertz CT molecular complexity index is 1410. The van der Waals surface area contributed by atoms with Gasteiger partial charge in [0, 0.05) is 19.2 Å². The Morgan fingerprint density at radius 1 is 1.00 bits per heavy atom. The van der Waals surface area contributed by atoms with E-state index >= 15 is 0 Å². The topological polar surface area (TPSA) is 107 Å². The molecule has 4 rings (SSSR count). The number of benzene rings is 3. The van der Waals surface area contributed by atoms with E-state index in [4.69, 9.17) is 4.42 Å². The smallest absolute Gasteiger partial charge is 0.408 e. The lowest BCUT2D eigenvalue weighted by molar-refractivity contribution is -0.122. The van der Waals surface area contributed by atoms with Crippen molar-refractivity contribution in [1.29, 1.82) is 0 Å². The van der Waals surface area contributed by atoms with Crippen LogP contribution < -0.4 is 16.4 Å². The van der Waals surface area contributed by atoms with Gasteiger partial charge in [0.2, 0.25) is 5.91 Å². The summed E-state index contributed by atoms with van der Waals surface area (Å²) >= 11 is 0. The van der Waals surface area contributed by atoms with E-state index in [0.717, 1.165) is 18.1 Å². The van der Waals surface area contributed by atoms with E-state index in [-0.39, 0.29) is 25.3 Å². The van der Waals surface area contributed by atoms with Crippen LogP contribution in [0.1, 0.15) is 29.2 Å². The summed E-state index contributed by atoms with van der Waals surface area (Å²) in [5.74, 6) is -2.44. The van der Waals surface area contributed by atoms with Crippen LogP contribution in [0.3, 0.4) is 0 Å². The first-order valence-electron chi connectivity index (χ1n) is 12.1. The van der Waals surface area contributed by atoms with Gasteiger partial charge in [0.1, 0.15) is 11.6 Å². The van der Waals surface area contributed by atoms with Gasteiger partial charge >= 0.3 is 5.76 Å². The van der Waals surface area contributed by atoms with Gasteiger partial charge in [0.25, 0.3) is 0 Å². The van der Waals surface area contributed by atoms with Crippen molar-refractivity contribution >= 4 is 17.0 Å². The lowest BCUT2D eigenvalue weighted by atomic mass is 10.00. The molecule has 4 aromatic rings. The van der Waals surface area contributed by atoms with E-state index in [1.54, 1.807) is 18.2 Å². The summed E-state index contributed by atoms with van der Waals surface area (Å²) in [5.41, 5.74) is 4.06. The van der Waals surface area contributed by atoms with Gasteiger partial charge in [-0.3, -0.25) is 9.78 Å². The lowest BCUT2D eigenvalue weighted by Crippen LogP contribution is -2.49. The Balaban J connectivity index is 1.44. The second kappa shape index (κ2) is 11.9. The third-order valence-corrected chi connectivity index (χ3v) is 6.12. The van der Waals surface area contributed by atoms with E-state index < -0.39 is 29.5 Å². The molecule has 0 radical (unpaired) electrons. The molecule has 4 N–H and O–H groups in total. The Hall–Kier alpha value is -3.82. The largest absolute Gasteiger partial charge is 0.417 e. The van der Waals surface area contributed by atoms with Crippen molar-refractivity contribution in [3.8, 4) is 0 Å². The van der Waals surface area contributed by atoms with Crippen LogP contribution in [0, 0.1) is 11.6 Å². The summed E-state index contributed by atoms with van der Waals surface area (Å²) in [6, 6.07) is 15.3. The molecule has 9 heteroatoms. The second-order valence-electron chi connectivity index (χ2n) is 9.05. The number of aromatic nitrogens is 1. The lowest BCUT2D eigenvalue weighted by Gasteiger charge is -2.25. The third-order valence-electron chi connectivity index (χ3n) is 6.12. The molecule has 0 saturated carbocycles. The molecule has 0 saturated heterocycles. The Kier molecular flexibility index (Phi) is 8.47. The zero-order valence-electron chi connectivity index (χ0n) is 20.4. The minimum Gasteiger partial charge on any atom is -0.408 e. The zero-order valence-corrected chi connectivity index (χ0v) is 20.4. The number of aromatic amines is 1. The standard InChI is InChI=1S/C28H29F2N3O4/c1-2-17-4-3-5-19(8-17)15-31-16-25(34)23(12-20-9-21(29)14-22(30)10-20)32-27(35)13-18-6-7-26-24(11-18)33-28(36)37-26/h3-11,14,23,25,31,34H,2,12-13,15-16H2,1H3,(H,32,35)(H,33,36)/t23-,25+/m0/s1. The monoisotopic (exact) mass is 509 g/mol. The highest BCUT2D eigenvalue weighted by atomic mass is 19.1. The van der Waals surface area contributed by atoms with Gasteiger partial charge in [-0.05, 0) is 59.4 Å². The van der Waals surface area contributed by atoms with Crippen LogP contribution in [-0.4, -0.2) is 34.7 Å². The van der Waals surface area contributed by atoms with E-state index in [2.05, 4.69) is 28.6 Å². The number of carbonyl (C=O) groups excluding carboxylic acids is 1. The summed E-state index contributed by atoms with van der Waals surface area (Å²) < 4.78 is 32.5. The fourth-order valence-electron chi connectivity index (χ4n) is 4.28. The zero-order chi connectivity index (χ0) is 26.4. The molecule has 1 aromatic heterocycles. The third kappa shape index (κ3) is 7.34. The number of fused-ring (bicyclic) bond motifs is 1. The summed E-state index contributed by atoms with van der Waals surface area (Å²) in [7, 11) is 0. The number of nitrogens with one attached hydrogen (secondary N) is 3. The number of amides is 1. The molecule has 0 aliphatic rings. The van der Waals surface area contributed by atoms with Crippen LogP contribution in [0.5, 0.6) is 0 Å². The number of H-pyrrole nitrogens is 1. The van der Waals surface area contributed by atoms with Crippen LogP contribution in [0.25, 0.3) is 11.1 Å². The van der Waals surface area contributed by atoms with Crippen LogP contribution in [0.15, 0.2) is 69.9 Å². The number of hydrogen-bond acceptors (Lipinski definition) is 5. The van der Waals surface area contributed by atoms with Crippen molar-refractivity contribution in [2.24, 2.45) is 0 Å². The predicted molar refractivity (Wildman–Crippen MR) is 136 cm³/mol. The van der Waals surface area contributed by atoms with Crippen molar-refractivity contribution in [2.45, 2.75) is 44.9 Å². The summed E-state index contributed by atoms with van der Waals surface area (Å²) in [6.07, 6.45) is -0.111. The number of carbonyl (C=O) groups is 1. The van der Waals surface area contributed by atoms with E-state index in [1.807, 2.05) is 18.2 Å². The SMILES string of the molecule is CCc1cccc(CNC[C@@H](O)[C@H](Cc2cc(F)cc(F)c2)NC(=O)Cc2ccc3oc(=O)[nH]c3c2)c1. The normalized spacial score (nSPS) is 13.0. The molecular formula is C28H29F2N3O4. The molecule has 0 spiro atoms. The molecule has 0 bridgehead atoms. The van der Waals surface area contributed by atoms with Crippen molar-refractivity contribution < 1.29 is 23.1 Å². The number of aryl methyl sites for hydroxylation is 1. The van der Waals surface area contributed by atoms with Crippen LogP contribution in [0.2, 0.25) is 0 Å². The van der Waals surface area contributed by atoms with Crippen molar-refractivity contribution in [3.05, 3.63) is 105 Å². The van der Waals surface area contributed by atoms with Crippen molar-refractivity contribution in [1.82, 2.24) is 15.6 Å². The fourth-order valence-corrected chi connectivity index (χ4v) is 4.28. The second-order valence-corrected chi connectivity index (χ2v) is 9.05. The molecule has 0 unspecified atom stereocenters. The van der Waals surface area contributed by atoms with Gasteiger partial charge in [-0.1, -0.05) is 37.3 Å². The molecule has 1 heterocycles. The van der Waals surface area contributed by atoms with Crippen LogP contribution in [0.4, 0.5) is 8.78 Å². The Labute approximate surface area is 212 Å². The average molecular weight is 510 g/mol. The highest BCUT2D eigenvalue weighted by molar-refractivity contribution is 5.81. The summed E-state index contributed by atoms with van der Waals surface area (Å²) in [4.78, 5) is 26.8. The van der Waals surface area contributed by atoms with Crippen LogP contribution in [-0.2, 0) is 30.6 Å². The van der Waals surface area contributed by atoms with E-state index in [9.17, 15) is 23.5 Å². The molecule has 3 aromatic carbocycles. The average Bonchev–Trinajstić information content (AvgIpc) is 3.22. The minimum absolute atomic E-state index is 0.0267. The van der Waals surface area contributed by atoms with Crippen LogP contribution >= 0.6 is 0 Å². The number of oxazole rings is 1. The molecule has 37 heavy (non-hydrogen) atoms. The number of halogens is 2. The summed E-state index contributed by atoms with van der Waals surface area (Å²) in [6.45, 7) is 2.75.